The van der Waals surface area contributed by atoms with Gasteiger partial charge in [0.25, 0.3) is 5.91 Å². The number of benzene rings is 2. The van der Waals surface area contributed by atoms with E-state index in [1.54, 1.807) is 6.20 Å². The number of unbranched alkanes of at least 4 members (excludes halogenated alkanes) is 1. The lowest BCUT2D eigenvalue weighted by Gasteiger charge is -2.25. The second-order valence-electron chi connectivity index (χ2n) is 7.24. The van der Waals surface area contributed by atoms with E-state index in [-0.39, 0.29) is 5.91 Å². The molecule has 2 heterocycles. The topological polar surface area (TPSA) is 53.6 Å². The molecule has 0 aliphatic carbocycles. The molecule has 0 unspecified atom stereocenters. The minimum absolute atomic E-state index is 0.0815. The van der Waals surface area contributed by atoms with Gasteiger partial charge < -0.3 is 20.3 Å². The van der Waals surface area contributed by atoms with Crippen LogP contribution in [0.25, 0.3) is 5.57 Å². The number of ether oxygens (including phenoxy) is 1. The third-order valence-corrected chi connectivity index (χ3v) is 6.13. The number of nitrogens with one attached hydrogen (secondary N) is 2. The van der Waals surface area contributed by atoms with Crippen LogP contribution in [0.4, 0.5) is 11.4 Å². The van der Waals surface area contributed by atoms with Crippen LogP contribution in [0, 0.1) is 0 Å². The number of thioether (sulfide) groups is 1. The number of para-hydroxylation sites is 1. The molecule has 0 radical (unpaired) electrons. The Balaban J connectivity index is 1.22. The highest BCUT2D eigenvalue weighted by molar-refractivity contribution is 7.99. The number of fused-ring (bicyclic) bond motifs is 1. The predicted octanol–water partition coefficient (Wildman–Crippen LogP) is 4.30. The fourth-order valence-electron chi connectivity index (χ4n) is 3.54. The lowest BCUT2D eigenvalue weighted by atomic mass is 10.1. The van der Waals surface area contributed by atoms with Gasteiger partial charge in [-0.1, -0.05) is 18.2 Å². The molecule has 6 heteroatoms. The lowest BCUT2D eigenvalue weighted by Crippen LogP contribution is -2.33. The number of rotatable bonds is 8. The van der Waals surface area contributed by atoms with E-state index in [2.05, 4.69) is 27.3 Å². The third-order valence-electron chi connectivity index (χ3n) is 5.19. The Kier molecular flexibility index (Phi) is 6.75. The third kappa shape index (κ3) is 5.34. The van der Waals surface area contributed by atoms with Crippen LogP contribution in [0.1, 0.15) is 18.4 Å². The molecule has 2 aromatic carbocycles. The van der Waals surface area contributed by atoms with Gasteiger partial charge in [-0.3, -0.25) is 4.79 Å². The molecule has 0 aromatic heterocycles. The maximum Gasteiger partial charge on any atom is 0.257 e. The Hall–Kier alpha value is -2.44. The van der Waals surface area contributed by atoms with Gasteiger partial charge in [0.1, 0.15) is 5.75 Å². The number of hydrogen-bond donors (Lipinski definition) is 2. The summed E-state index contributed by atoms with van der Waals surface area (Å²) in [6.07, 6.45) is 4.02. The maximum absolute atomic E-state index is 12.1. The van der Waals surface area contributed by atoms with E-state index < -0.39 is 0 Å². The number of carbonyl (C=O) groups is 1. The molecule has 2 aromatic rings. The molecule has 2 aliphatic heterocycles. The first-order valence-corrected chi connectivity index (χ1v) is 11.4. The molecule has 0 saturated carbocycles. The van der Waals surface area contributed by atoms with E-state index in [0.717, 1.165) is 35.7 Å². The molecule has 2 aliphatic rings. The van der Waals surface area contributed by atoms with Gasteiger partial charge in [-0.2, -0.15) is 11.8 Å². The molecular weight excluding hydrogens is 382 g/mol. The van der Waals surface area contributed by atoms with Crippen molar-refractivity contribution in [3.63, 3.8) is 0 Å². The molecule has 1 amide bonds. The number of anilines is 2. The molecule has 0 bridgehead atoms. The van der Waals surface area contributed by atoms with Crippen LogP contribution in [-0.4, -0.2) is 48.6 Å². The highest BCUT2D eigenvalue weighted by atomic mass is 32.2. The molecule has 0 spiro atoms. The number of nitrogens with zero attached hydrogens (tertiary/aromatic N) is 1. The molecule has 1 saturated heterocycles. The summed E-state index contributed by atoms with van der Waals surface area (Å²) in [6.45, 7) is 4.38. The Bertz CT molecular complexity index is 861. The van der Waals surface area contributed by atoms with E-state index in [1.807, 2.05) is 48.5 Å². The van der Waals surface area contributed by atoms with Crippen molar-refractivity contribution >= 4 is 34.6 Å². The summed E-state index contributed by atoms with van der Waals surface area (Å²) < 4.78 is 5.86. The van der Waals surface area contributed by atoms with E-state index in [9.17, 15) is 4.79 Å². The van der Waals surface area contributed by atoms with E-state index in [1.165, 1.54) is 37.6 Å². The van der Waals surface area contributed by atoms with Gasteiger partial charge >= 0.3 is 0 Å². The molecule has 29 heavy (non-hydrogen) atoms. The number of carbonyl (C=O) groups excluding carboxylic acids is 1. The largest absolute Gasteiger partial charge is 0.494 e. The van der Waals surface area contributed by atoms with E-state index in [0.29, 0.717) is 5.57 Å². The van der Waals surface area contributed by atoms with Crippen LogP contribution < -0.4 is 15.4 Å². The minimum atomic E-state index is -0.0815. The van der Waals surface area contributed by atoms with Crippen molar-refractivity contribution in [2.75, 3.05) is 48.4 Å². The Morgan fingerprint density at radius 1 is 1.07 bits per heavy atom. The van der Waals surface area contributed by atoms with Crippen LogP contribution in [0.5, 0.6) is 5.75 Å². The highest BCUT2D eigenvalue weighted by Crippen LogP contribution is 2.31. The molecule has 4 rings (SSSR count). The minimum Gasteiger partial charge on any atom is -0.494 e. The van der Waals surface area contributed by atoms with Gasteiger partial charge in [0.2, 0.25) is 0 Å². The van der Waals surface area contributed by atoms with Gasteiger partial charge in [-0.25, -0.2) is 0 Å². The van der Waals surface area contributed by atoms with Crippen molar-refractivity contribution in [2.24, 2.45) is 0 Å². The fourth-order valence-corrected chi connectivity index (χ4v) is 4.52. The summed E-state index contributed by atoms with van der Waals surface area (Å²) in [5, 5.41) is 6.09. The average molecular weight is 410 g/mol. The predicted molar refractivity (Wildman–Crippen MR) is 122 cm³/mol. The van der Waals surface area contributed by atoms with Crippen molar-refractivity contribution in [2.45, 2.75) is 12.8 Å². The zero-order valence-corrected chi connectivity index (χ0v) is 17.3. The van der Waals surface area contributed by atoms with E-state index >= 15 is 0 Å². The van der Waals surface area contributed by atoms with Gasteiger partial charge in [0.15, 0.2) is 0 Å². The highest BCUT2D eigenvalue weighted by Gasteiger charge is 2.23. The van der Waals surface area contributed by atoms with Crippen molar-refractivity contribution in [1.82, 2.24) is 4.90 Å². The van der Waals surface area contributed by atoms with Crippen LogP contribution in [0.15, 0.2) is 54.7 Å². The van der Waals surface area contributed by atoms with Crippen LogP contribution in [0.2, 0.25) is 0 Å². The fraction of sp³-hybridized carbons (Fsp3) is 0.348. The van der Waals surface area contributed by atoms with Crippen molar-refractivity contribution in [3.8, 4) is 5.75 Å². The second kappa shape index (κ2) is 9.85. The summed E-state index contributed by atoms with van der Waals surface area (Å²) in [6, 6.07) is 15.6. The van der Waals surface area contributed by atoms with Crippen LogP contribution >= 0.6 is 11.8 Å². The first-order valence-electron chi connectivity index (χ1n) is 10.2. The van der Waals surface area contributed by atoms with Crippen molar-refractivity contribution < 1.29 is 9.53 Å². The zero-order valence-electron chi connectivity index (χ0n) is 16.5. The van der Waals surface area contributed by atoms with Gasteiger partial charge in [0, 0.05) is 47.7 Å². The van der Waals surface area contributed by atoms with E-state index in [4.69, 9.17) is 4.74 Å². The Labute approximate surface area is 176 Å². The summed E-state index contributed by atoms with van der Waals surface area (Å²) in [5.74, 6) is 3.33. The molecule has 1 fully saturated rings. The SMILES string of the molecule is O=C1Nc2ccccc2C1=CNc1ccc(OCCCCN2CCSCC2)cc1. The molecule has 5 nitrogen and oxygen atoms in total. The smallest absolute Gasteiger partial charge is 0.257 e. The summed E-state index contributed by atoms with van der Waals surface area (Å²) in [7, 11) is 0. The quantitative estimate of drug-likeness (QED) is 0.503. The Morgan fingerprint density at radius 3 is 2.69 bits per heavy atom. The zero-order chi connectivity index (χ0) is 19.9. The van der Waals surface area contributed by atoms with Gasteiger partial charge in [0.05, 0.1) is 12.2 Å². The van der Waals surface area contributed by atoms with Crippen molar-refractivity contribution in [3.05, 3.63) is 60.3 Å². The van der Waals surface area contributed by atoms with Crippen LogP contribution in [0.3, 0.4) is 0 Å². The molecular formula is C23H27N3O2S. The normalized spacial score (nSPS) is 17.8. The van der Waals surface area contributed by atoms with Crippen LogP contribution in [-0.2, 0) is 4.79 Å². The number of hydrogen-bond acceptors (Lipinski definition) is 5. The maximum atomic E-state index is 12.1. The van der Waals surface area contributed by atoms with Crippen molar-refractivity contribution in [1.29, 1.82) is 0 Å². The molecule has 2 N–H and O–H groups in total. The standard InChI is InChI=1S/C23H27N3O2S/c27-23-21(20-5-1-2-6-22(20)25-23)17-24-18-7-9-19(10-8-18)28-14-4-3-11-26-12-15-29-16-13-26/h1-2,5-10,17,24H,3-4,11-16H2,(H,25,27). The molecule has 0 atom stereocenters. The van der Waals surface area contributed by atoms with Gasteiger partial charge in [-0.05, 0) is 49.7 Å². The Morgan fingerprint density at radius 2 is 1.86 bits per heavy atom. The first-order chi connectivity index (χ1) is 14.3. The average Bonchev–Trinajstić information content (AvgIpc) is 3.08. The summed E-state index contributed by atoms with van der Waals surface area (Å²) in [4.78, 5) is 14.7. The second-order valence-corrected chi connectivity index (χ2v) is 8.46. The molecule has 152 valence electrons. The monoisotopic (exact) mass is 409 g/mol. The number of amides is 1. The summed E-state index contributed by atoms with van der Waals surface area (Å²) >= 11 is 2.05. The van der Waals surface area contributed by atoms with Gasteiger partial charge in [-0.15, -0.1) is 0 Å². The summed E-state index contributed by atoms with van der Waals surface area (Å²) in [5.41, 5.74) is 3.35. The lowest BCUT2D eigenvalue weighted by molar-refractivity contribution is -0.110. The first kappa shape index (κ1) is 19.9.